The molecule has 0 saturated carbocycles. The zero-order valence-electron chi connectivity index (χ0n) is 14.4. The highest BCUT2D eigenvalue weighted by molar-refractivity contribution is 7.15. The van der Waals surface area contributed by atoms with E-state index in [4.69, 9.17) is 9.47 Å². The SMILES string of the molecule is COc1ccc(Cc2nnc(NC(=O)Cc3ccccn3)s2)cc1OC. The number of ether oxygens (including phenoxy) is 2. The predicted octanol–water partition coefficient (Wildman–Crippen LogP) is 2.72. The summed E-state index contributed by atoms with van der Waals surface area (Å²) in [5, 5.41) is 12.2. The van der Waals surface area contributed by atoms with Crippen molar-refractivity contribution in [3.05, 3.63) is 58.9 Å². The molecule has 0 fully saturated rings. The number of carbonyl (C=O) groups excluding carboxylic acids is 1. The van der Waals surface area contributed by atoms with Crippen LogP contribution in [0.15, 0.2) is 42.6 Å². The Labute approximate surface area is 155 Å². The first-order valence-corrected chi connectivity index (χ1v) is 8.72. The molecular formula is C18H18N4O3S. The van der Waals surface area contributed by atoms with Gasteiger partial charge >= 0.3 is 0 Å². The zero-order valence-corrected chi connectivity index (χ0v) is 15.2. The third-order valence-electron chi connectivity index (χ3n) is 3.58. The van der Waals surface area contributed by atoms with Crippen LogP contribution in [0.1, 0.15) is 16.3 Å². The summed E-state index contributed by atoms with van der Waals surface area (Å²) in [5.41, 5.74) is 1.73. The maximum absolute atomic E-state index is 12.1. The van der Waals surface area contributed by atoms with Crippen molar-refractivity contribution >= 4 is 22.4 Å². The van der Waals surface area contributed by atoms with Crippen LogP contribution in [0.25, 0.3) is 0 Å². The lowest BCUT2D eigenvalue weighted by atomic mass is 10.1. The molecule has 8 heteroatoms. The summed E-state index contributed by atoms with van der Waals surface area (Å²) in [4.78, 5) is 16.2. The minimum atomic E-state index is -0.169. The van der Waals surface area contributed by atoms with Gasteiger partial charge in [-0.25, -0.2) is 0 Å². The molecule has 134 valence electrons. The van der Waals surface area contributed by atoms with Crippen LogP contribution in [-0.4, -0.2) is 35.3 Å². The normalized spacial score (nSPS) is 10.4. The highest BCUT2D eigenvalue weighted by Gasteiger charge is 2.11. The summed E-state index contributed by atoms with van der Waals surface area (Å²) in [6.45, 7) is 0. The van der Waals surface area contributed by atoms with Crippen molar-refractivity contribution in [1.82, 2.24) is 15.2 Å². The monoisotopic (exact) mass is 370 g/mol. The molecule has 2 aromatic heterocycles. The smallest absolute Gasteiger partial charge is 0.232 e. The zero-order chi connectivity index (χ0) is 18.4. The summed E-state index contributed by atoms with van der Waals surface area (Å²) in [7, 11) is 3.20. The topological polar surface area (TPSA) is 86.2 Å². The standard InChI is InChI=1S/C18H18N4O3S/c1-24-14-7-6-12(9-15(14)25-2)10-17-21-22-18(26-17)20-16(23)11-13-5-3-4-8-19-13/h3-9H,10-11H2,1-2H3,(H,20,22,23). The van der Waals surface area contributed by atoms with Gasteiger partial charge in [0.25, 0.3) is 0 Å². The van der Waals surface area contributed by atoms with Gasteiger partial charge < -0.3 is 14.8 Å². The Balaban J connectivity index is 1.62. The highest BCUT2D eigenvalue weighted by Crippen LogP contribution is 2.29. The van der Waals surface area contributed by atoms with E-state index >= 15 is 0 Å². The van der Waals surface area contributed by atoms with Crippen LogP contribution in [0.2, 0.25) is 0 Å². The lowest BCUT2D eigenvalue weighted by molar-refractivity contribution is -0.115. The molecule has 1 amide bonds. The number of anilines is 1. The van der Waals surface area contributed by atoms with Crippen LogP contribution >= 0.6 is 11.3 Å². The van der Waals surface area contributed by atoms with Crippen molar-refractivity contribution < 1.29 is 14.3 Å². The van der Waals surface area contributed by atoms with Gasteiger partial charge in [0.15, 0.2) is 11.5 Å². The molecule has 1 N–H and O–H groups in total. The van der Waals surface area contributed by atoms with E-state index in [-0.39, 0.29) is 12.3 Å². The van der Waals surface area contributed by atoms with E-state index in [9.17, 15) is 4.79 Å². The average molecular weight is 370 g/mol. The predicted molar refractivity (Wildman–Crippen MR) is 98.8 cm³/mol. The summed E-state index contributed by atoms with van der Waals surface area (Å²) >= 11 is 1.34. The Hall–Kier alpha value is -3.00. The minimum absolute atomic E-state index is 0.169. The van der Waals surface area contributed by atoms with Gasteiger partial charge in [-0.2, -0.15) is 0 Å². The summed E-state index contributed by atoms with van der Waals surface area (Å²) in [6, 6.07) is 11.2. The molecule has 3 rings (SSSR count). The third-order valence-corrected chi connectivity index (χ3v) is 4.42. The van der Waals surface area contributed by atoms with E-state index in [1.807, 2.05) is 36.4 Å². The van der Waals surface area contributed by atoms with Crippen molar-refractivity contribution in [1.29, 1.82) is 0 Å². The molecule has 0 aliphatic heterocycles. The Morgan fingerprint density at radius 3 is 2.69 bits per heavy atom. The molecule has 0 bridgehead atoms. The molecule has 1 aromatic carbocycles. The number of carbonyl (C=O) groups is 1. The van der Waals surface area contributed by atoms with E-state index in [2.05, 4.69) is 20.5 Å². The number of methoxy groups -OCH3 is 2. The van der Waals surface area contributed by atoms with Crippen molar-refractivity contribution in [3.8, 4) is 11.5 Å². The van der Waals surface area contributed by atoms with Gasteiger partial charge in [-0.1, -0.05) is 23.5 Å². The Kier molecular flexibility index (Phi) is 5.75. The quantitative estimate of drug-likeness (QED) is 0.688. The van der Waals surface area contributed by atoms with Crippen LogP contribution in [0.3, 0.4) is 0 Å². The average Bonchev–Trinajstić information content (AvgIpc) is 3.09. The second-order valence-electron chi connectivity index (χ2n) is 5.41. The second-order valence-corrected chi connectivity index (χ2v) is 6.48. The highest BCUT2D eigenvalue weighted by atomic mass is 32.1. The van der Waals surface area contributed by atoms with Gasteiger partial charge in [-0.3, -0.25) is 9.78 Å². The number of amides is 1. The lowest BCUT2D eigenvalue weighted by Gasteiger charge is -2.08. The number of rotatable bonds is 7. The summed E-state index contributed by atoms with van der Waals surface area (Å²) < 4.78 is 10.5. The number of hydrogen-bond donors (Lipinski definition) is 1. The molecule has 0 saturated heterocycles. The van der Waals surface area contributed by atoms with Gasteiger partial charge in [0.1, 0.15) is 5.01 Å². The van der Waals surface area contributed by atoms with Gasteiger partial charge in [0, 0.05) is 18.3 Å². The molecule has 2 heterocycles. The molecule has 0 atom stereocenters. The molecule has 0 radical (unpaired) electrons. The van der Waals surface area contributed by atoms with Crippen LogP contribution < -0.4 is 14.8 Å². The number of benzene rings is 1. The van der Waals surface area contributed by atoms with Crippen molar-refractivity contribution in [2.24, 2.45) is 0 Å². The number of pyridine rings is 1. The first-order valence-electron chi connectivity index (χ1n) is 7.91. The maximum Gasteiger partial charge on any atom is 0.232 e. The van der Waals surface area contributed by atoms with Crippen LogP contribution in [0.5, 0.6) is 11.5 Å². The Bertz CT molecular complexity index is 883. The maximum atomic E-state index is 12.1. The van der Waals surface area contributed by atoms with E-state index in [0.29, 0.717) is 28.7 Å². The molecule has 0 spiro atoms. The van der Waals surface area contributed by atoms with Gasteiger partial charge in [0.2, 0.25) is 11.0 Å². The molecule has 3 aromatic rings. The van der Waals surface area contributed by atoms with Crippen molar-refractivity contribution in [2.45, 2.75) is 12.8 Å². The van der Waals surface area contributed by atoms with Gasteiger partial charge in [-0.05, 0) is 29.8 Å². The molecule has 0 aliphatic carbocycles. The molecule has 26 heavy (non-hydrogen) atoms. The van der Waals surface area contributed by atoms with Crippen molar-refractivity contribution in [2.75, 3.05) is 19.5 Å². The first kappa shape index (κ1) is 17.8. The van der Waals surface area contributed by atoms with E-state index in [0.717, 1.165) is 10.6 Å². The fourth-order valence-electron chi connectivity index (χ4n) is 2.37. The van der Waals surface area contributed by atoms with Gasteiger partial charge in [0.05, 0.1) is 20.6 Å². The van der Waals surface area contributed by atoms with Crippen molar-refractivity contribution in [3.63, 3.8) is 0 Å². The molecule has 0 unspecified atom stereocenters. The van der Waals surface area contributed by atoms with E-state index < -0.39 is 0 Å². The van der Waals surface area contributed by atoms with Crippen LogP contribution in [0, 0.1) is 0 Å². The molecule has 7 nitrogen and oxygen atoms in total. The summed E-state index contributed by atoms with van der Waals surface area (Å²) in [5.74, 6) is 1.17. The van der Waals surface area contributed by atoms with E-state index in [1.165, 1.54) is 11.3 Å². The Morgan fingerprint density at radius 1 is 1.12 bits per heavy atom. The number of nitrogens with one attached hydrogen (secondary N) is 1. The molecular weight excluding hydrogens is 352 g/mol. The fourth-order valence-corrected chi connectivity index (χ4v) is 3.16. The third kappa shape index (κ3) is 4.54. The second kappa shape index (κ2) is 8.39. The molecule has 0 aliphatic rings. The first-order chi connectivity index (χ1) is 12.7. The number of nitrogens with zero attached hydrogens (tertiary/aromatic N) is 3. The fraction of sp³-hybridized carbons (Fsp3) is 0.222. The largest absolute Gasteiger partial charge is 0.493 e. The van der Waals surface area contributed by atoms with Crippen LogP contribution in [-0.2, 0) is 17.6 Å². The summed E-state index contributed by atoms with van der Waals surface area (Å²) in [6.07, 6.45) is 2.45. The Morgan fingerprint density at radius 2 is 1.96 bits per heavy atom. The number of hydrogen-bond acceptors (Lipinski definition) is 7. The van der Waals surface area contributed by atoms with E-state index in [1.54, 1.807) is 20.4 Å². The van der Waals surface area contributed by atoms with Crippen LogP contribution in [0.4, 0.5) is 5.13 Å². The number of aromatic nitrogens is 3. The lowest BCUT2D eigenvalue weighted by Crippen LogP contribution is -2.14. The van der Waals surface area contributed by atoms with Gasteiger partial charge in [-0.15, -0.1) is 10.2 Å². The minimum Gasteiger partial charge on any atom is -0.493 e.